The van der Waals surface area contributed by atoms with Crippen molar-refractivity contribution in [2.24, 2.45) is 5.92 Å². The van der Waals surface area contributed by atoms with Gasteiger partial charge in [-0.1, -0.05) is 31.2 Å². The number of aliphatic hydroxyl groups is 1. The predicted octanol–water partition coefficient (Wildman–Crippen LogP) is 3.19. The molecule has 0 fully saturated rings. The van der Waals surface area contributed by atoms with Gasteiger partial charge in [0.25, 0.3) is 0 Å². The maximum Gasteiger partial charge on any atom is 0.312 e. The number of carbonyl (C=O) groups is 1. The highest BCUT2D eigenvalue weighted by molar-refractivity contribution is 5.74. The maximum absolute atomic E-state index is 12.2. The summed E-state index contributed by atoms with van der Waals surface area (Å²) in [4.78, 5) is 12.2. The molecule has 110 valence electrons. The topological polar surface area (TPSA) is 46.5 Å². The van der Waals surface area contributed by atoms with Gasteiger partial charge in [0.05, 0.1) is 12.5 Å². The van der Waals surface area contributed by atoms with Gasteiger partial charge in [0, 0.05) is 0 Å². The second-order valence-corrected chi connectivity index (χ2v) is 5.50. The smallest absolute Gasteiger partial charge is 0.312 e. The van der Waals surface area contributed by atoms with E-state index in [1.54, 1.807) is 6.92 Å². The molecular formula is C17H24O3. The SMILES string of the molecule is CCOC(=O)C(CC)C1(O)CCCCc2ccccc21. The standard InChI is InChI=1S/C17H24O3/c1-3-14(16(18)20-4-2)17(19)12-8-7-10-13-9-5-6-11-15(13)17/h5-6,9,11,14,19H,3-4,7-8,10,12H2,1-2H3. The Morgan fingerprint density at radius 3 is 2.80 bits per heavy atom. The van der Waals surface area contributed by atoms with Crippen LogP contribution in [0.25, 0.3) is 0 Å². The van der Waals surface area contributed by atoms with E-state index in [0.29, 0.717) is 19.4 Å². The van der Waals surface area contributed by atoms with Crippen molar-refractivity contribution in [1.29, 1.82) is 0 Å². The molecule has 3 heteroatoms. The van der Waals surface area contributed by atoms with Gasteiger partial charge in [-0.2, -0.15) is 0 Å². The molecule has 1 aliphatic rings. The maximum atomic E-state index is 12.2. The minimum Gasteiger partial charge on any atom is -0.466 e. The van der Waals surface area contributed by atoms with E-state index in [1.807, 2.05) is 25.1 Å². The zero-order chi connectivity index (χ0) is 14.6. The number of benzene rings is 1. The molecule has 3 nitrogen and oxygen atoms in total. The second kappa shape index (κ2) is 6.40. The van der Waals surface area contributed by atoms with Crippen LogP contribution in [0.1, 0.15) is 50.7 Å². The van der Waals surface area contributed by atoms with Gasteiger partial charge in [0.2, 0.25) is 0 Å². The molecule has 0 bridgehead atoms. The van der Waals surface area contributed by atoms with Crippen molar-refractivity contribution in [3.05, 3.63) is 35.4 Å². The van der Waals surface area contributed by atoms with E-state index in [-0.39, 0.29) is 5.97 Å². The molecule has 1 aliphatic carbocycles. The first kappa shape index (κ1) is 15.0. The van der Waals surface area contributed by atoms with Crippen LogP contribution in [0, 0.1) is 5.92 Å². The highest BCUT2D eigenvalue weighted by Gasteiger charge is 2.44. The summed E-state index contributed by atoms with van der Waals surface area (Å²) in [5.74, 6) is -0.768. The van der Waals surface area contributed by atoms with Crippen molar-refractivity contribution in [2.45, 2.75) is 51.6 Å². The van der Waals surface area contributed by atoms with E-state index in [2.05, 4.69) is 6.07 Å². The molecule has 0 saturated heterocycles. The molecular weight excluding hydrogens is 252 g/mol. The first-order valence-electron chi connectivity index (χ1n) is 7.60. The lowest BCUT2D eigenvalue weighted by Gasteiger charge is -2.35. The average molecular weight is 276 g/mol. The molecule has 2 rings (SSSR count). The Hall–Kier alpha value is -1.35. The fraction of sp³-hybridized carbons (Fsp3) is 0.588. The van der Waals surface area contributed by atoms with Crippen LogP contribution in [0.4, 0.5) is 0 Å². The summed E-state index contributed by atoms with van der Waals surface area (Å²) in [5, 5.41) is 11.3. The lowest BCUT2D eigenvalue weighted by atomic mass is 9.76. The van der Waals surface area contributed by atoms with Gasteiger partial charge >= 0.3 is 5.97 Å². The number of carbonyl (C=O) groups excluding carboxylic acids is 1. The van der Waals surface area contributed by atoms with Crippen LogP contribution < -0.4 is 0 Å². The fourth-order valence-electron chi connectivity index (χ4n) is 3.31. The first-order chi connectivity index (χ1) is 9.63. The normalized spacial score (nSPS) is 23.6. The number of ether oxygens (including phenoxy) is 1. The van der Waals surface area contributed by atoms with Gasteiger partial charge in [0.1, 0.15) is 5.60 Å². The quantitative estimate of drug-likeness (QED) is 0.678. The summed E-state index contributed by atoms with van der Waals surface area (Å²) in [6, 6.07) is 7.95. The molecule has 0 heterocycles. The average Bonchev–Trinajstić information content (AvgIpc) is 2.61. The number of esters is 1. The Morgan fingerprint density at radius 2 is 2.10 bits per heavy atom. The van der Waals surface area contributed by atoms with Crippen LogP contribution in [0.3, 0.4) is 0 Å². The highest BCUT2D eigenvalue weighted by atomic mass is 16.5. The Labute approximate surface area is 121 Å². The molecule has 20 heavy (non-hydrogen) atoms. The molecule has 0 amide bonds. The van der Waals surface area contributed by atoms with E-state index in [0.717, 1.165) is 30.4 Å². The van der Waals surface area contributed by atoms with E-state index in [4.69, 9.17) is 4.74 Å². The van der Waals surface area contributed by atoms with Crippen molar-refractivity contribution in [1.82, 2.24) is 0 Å². The van der Waals surface area contributed by atoms with Crippen LogP contribution in [-0.4, -0.2) is 17.7 Å². The summed E-state index contributed by atoms with van der Waals surface area (Å²) in [7, 11) is 0. The Morgan fingerprint density at radius 1 is 1.35 bits per heavy atom. The van der Waals surface area contributed by atoms with Crippen LogP contribution in [0.2, 0.25) is 0 Å². The van der Waals surface area contributed by atoms with E-state index in [9.17, 15) is 9.90 Å². The number of fused-ring (bicyclic) bond motifs is 1. The van der Waals surface area contributed by atoms with E-state index < -0.39 is 11.5 Å². The third-order valence-corrected chi connectivity index (χ3v) is 4.29. The lowest BCUT2D eigenvalue weighted by Crippen LogP contribution is -2.40. The number of aryl methyl sites for hydroxylation is 1. The summed E-state index contributed by atoms with van der Waals surface area (Å²) in [6.07, 6.45) is 4.17. The third kappa shape index (κ3) is 2.73. The van der Waals surface area contributed by atoms with Crippen LogP contribution in [0.15, 0.2) is 24.3 Å². The minimum atomic E-state index is -1.09. The largest absolute Gasteiger partial charge is 0.466 e. The Balaban J connectivity index is 2.43. The van der Waals surface area contributed by atoms with Gasteiger partial charge in [-0.25, -0.2) is 0 Å². The first-order valence-corrected chi connectivity index (χ1v) is 7.60. The van der Waals surface area contributed by atoms with Gasteiger partial charge in [0.15, 0.2) is 0 Å². The molecule has 1 aromatic carbocycles. The minimum absolute atomic E-state index is 0.283. The van der Waals surface area contributed by atoms with Gasteiger partial charge in [-0.15, -0.1) is 0 Å². The number of rotatable bonds is 4. The van der Waals surface area contributed by atoms with Crippen molar-refractivity contribution >= 4 is 5.97 Å². The van der Waals surface area contributed by atoms with Gasteiger partial charge in [-0.3, -0.25) is 4.79 Å². The van der Waals surface area contributed by atoms with Gasteiger partial charge in [-0.05, 0) is 50.2 Å². The van der Waals surface area contributed by atoms with Crippen LogP contribution in [0.5, 0.6) is 0 Å². The summed E-state index contributed by atoms with van der Waals surface area (Å²) in [5.41, 5.74) is 0.987. The zero-order valence-electron chi connectivity index (χ0n) is 12.4. The van der Waals surface area contributed by atoms with Crippen molar-refractivity contribution in [3.8, 4) is 0 Å². The Kier molecular flexibility index (Phi) is 4.81. The molecule has 0 aromatic heterocycles. The highest BCUT2D eigenvalue weighted by Crippen LogP contribution is 2.41. The van der Waals surface area contributed by atoms with Crippen molar-refractivity contribution in [2.75, 3.05) is 6.61 Å². The van der Waals surface area contributed by atoms with Crippen molar-refractivity contribution < 1.29 is 14.6 Å². The molecule has 1 N–H and O–H groups in total. The molecule has 0 spiro atoms. The molecule has 2 unspecified atom stereocenters. The zero-order valence-corrected chi connectivity index (χ0v) is 12.4. The monoisotopic (exact) mass is 276 g/mol. The Bertz CT molecular complexity index is 469. The van der Waals surface area contributed by atoms with Crippen LogP contribution in [-0.2, 0) is 21.6 Å². The third-order valence-electron chi connectivity index (χ3n) is 4.29. The molecule has 2 atom stereocenters. The summed E-state index contributed by atoms with van der Waals surface area (Å²) in [6.45, 7) is 4.09. The molecule has 0 saturated carbocycles. The van der Waals surface area contributed by atoms with Gasteiger partial charge < -0.3 is 9.84 Å². The lowest BCUT2D eigenvalue weighted by molar-refractivity contribution is -0.160. The number of hydrogen-bond acceptors (Lipinski definition) is 3. The number of hydrogen-bond donors (Lipinski definition) is 1. The fourth-order valence-corrected chi connectivity index (χ4v) is 3.31. The summed E-state index contributed by atoms with van der Waals surface area (Å²) < 4.78 is 5.17. The predicted molar refractivity (Wildman–Crippen MR) is 78.3 cm³/mol. The van der Waals surface area contributed by atoms with E-state index in [1.165, 1.54) is 0 Å². The van der Waals surface area contributed by atoms with Crippen LogP contribution >= 0.6 is 0 Å². The molecule has 0 radical (unpaired) electrons. The molecule has 0 aliphatic heterocycles. The molecule has 1 aromatic rings. The summed E-state index contributed by atoms with van der Waals surface area (Å²) >= 11 is 0. The van der Waals surface area contributed by atoms with Crippen molar-refractivity contribution in [3.63, 3.8) is 0 Å². The van der Waals surface area contributed by atoms with E-state index >= 15 is 0 Å². The second-order valence-electron chi connectivity index (χ2n) is 5.50.